The lowest BCUT2D eigenvalue weighted by Crippen LogP contribution is -2.37. The molecule has 0 atom stereocenters. The number of rotatable bonds is 4. The van der Waals surface area contributed by atoms with Gasteiger partial charge in [0.2, 0.25) is 5.95 Å². The van der Waals surface area contributed by atoms with Gasteiger partial charge in [-0.2, -0.15) is 4.98 Å². The van der Waals surface area contributed by atoms with Crippen molar-refractivity contribution in [3.63, 3.8) is 0 Å². The Morgan fingerprint density at radius 3 is 2.92 bits per heavy atom. The maximum atomic E-state index is 5.42. The summed E-state index contributed by atoms with van der Waals surface area (Å²) < 4.78 is 5.42. The number of piperidine rings is 1. The van der Waals surface area contributed by atoms with Crippen molar-refractivity contribution in [3.8, 4) is 0 Å². The summed E-state index contributed by atoms with van der Waals surface area (Å²) in [5.41, 5.74) is 3.46. The number of anilines is 3. The maximum absolute atomic E-state index is 5.42. The summed E-state index contributed by atoms with van der Waals surface area (Å²) in [6, 6.07) is 8.19. The normalized spacial score (nSPS) is 17.1. The molecule has 1 fully saturated rings. The zero-order chi connectivity index (χ0) is 16.4. The Hall–Kier alpha value is -2.47. The van der Waals surface area contributed by atoms with E-state index in [0.29, 0.717) is 6.10 Å². The third-order valence-electron chi connectivity index (χ3n) is 4.61. The third kappa shape index (κ3) is 3.10. The lowest BCUT2D eigenvalue weighted by molar-refractivity contribution is 0.0816. The number of aliphatic imine (C=N–C) groups is 1. The largest absolute Gasteiger partial charge is 0.381 e. The van der Waals surface area contributed by atoms with E-state index in [1.165, 1.54) is 11.1 Å². The van der Waals surface area contributed by atoms with Gasteiger partial charge in [-0.15, -0.1) is 0 Å². The summed E-state index contributed by atoms with van der Waals surface area (Å²) in [4.78, 5) is 15.6. The van der Waals surface area contributed by atoms with Crippen LogP contribution in [0.1, 0.15) is 24.0 Å². The molecule has 124 valence electrons. The van der Waals surface area contributed by atoms with E-state index in [9.17, 15) is 0 Å². The molecule has 0 radical (unpaired) electrons. The second-order valence-electron chi connectivity index (χ2n) is 6.17. The Morgan fingerprint density at radius 1 is 1.21 bits per heavy atom. The van der Waals surface area contributed by atoms with Gasteiger partial charge in [-0.3, -0.25) is 4.99 Å². The molecule has 2 aliphatic rings. The average molecular weight is 323 g/mol. The molecule has 2 aliphatic heterocycles. The Balaban J connectivity index is 1.48. The van der Waals surface area contributed by atoms with Crippen molar-refractivity contribution in [1.29, 1.82) is 0 Å². The average Bonchev–Trinajstić information content (AvgIpc) is 3.10. The van der Waals surface area contributed by atoms with E-state index in [-0.39, 0.29) is 0 Å². The van der Waals surface area contributed by atoms with E-state index in [2.05, 4.69) is 43.4 Å². The maximum Gasteiger partial charge on any atom is 0.227 e. The molecule has 6 heteroatoms. The highest BCUT2D eigenvalue weighted by Crippen LogP contribution is 2.23. The van der Waals surface area contributed by atoms with Crippen molar-refractivity contribution in [1.82, 2.24) is 9.97 Å². The van der Waals surface area contributed by atoms with Gasteiger partial charge in [0.25, 0.3) is 0 Å². The van der Waals surface area contributed by atoms with Gasteiger partial charge in [0.15, 0.2) is 0 Å². The molecule has 6 nitrogen and oxygen atoms in total. The smallest absolute Gasteiger partial charge is 0.227 e. The number of methoxy groups -OCH3 is 1. The van der Waals surface area contributed by atoms with Crippen molar-refractivity contribution in [2.45, 2.75) is 25.5 Å². The molecular formula is C18H21N5O. The molecule has 0 aliphatic carbocycles. The van der Waals surface area contributed by atoms with Gasteiger partial charge in [-0.25, -0.2) is 4.98 Å². The highest BCUT2D eigenvalue weighted by molar-refractivity contribution is 5.86. The van der Waals surface area contributed by atoms with E-state index in [1.807, 2.05) is 18.5 Å². The molecule has 0 amide bonds. The number of fused-ring (bicyclic) bond motifs is 1. The molecule has 0 bridgehead atoms. The molecule has 4 rings (SSSR count). The van der Waals surface area contributed by atoms with Crippen molar-refractivity contribution >= 4 is 23.7 Å². The minimum absolute atomic E-state index is 0.357. The van der Waals surface area contributed by atoms with Crippen LogP contribution in [0.4, 0.5) is 17.5 Å². The number of ether oxygens (including phenoxy) is 1. The fourth-order valence-corrected chi connectivity index (χ4v) is 3.19. The predicted octanol–water partition coefficient (Wildman–Crippen LogP) is 2.77. The van der Waals surface area contributed by atoms with E-state index < -0.39 is 0 Å². The Morgan fingerprint density at radius 2 is 2.08 bits per heavy atom. The predicted molar refractivity (Wildman–Crippen MR) is 95.3 cm³/mol. The molecule has 3 heterocycles. The summed E-state index contributed by atoms with van der Waals surface area (Å²) in [6.07, 6.45) is 6.12. The summed E-state index contributed by atoms with van der Waals surface area (Å²) in [7, 11) is 1.78. The van der Waals surface area contributed by atoms with Gasteiger partial charge in [-0.05, 0) is 42.2 Å². The molecule has 24 heavy (non-hydrogen) atoms. The van der Waals surface area contributed by atoms with Crippen LogP contribution >= 0.6 is 0 Å². The van der Waals surface area contributed by atoms with Gasteiger partial charge in [0, 0.05) is 38.3 Å². The van der Waals surface area contributed by atoms with Crippen LogP contribution in [0.25, 0.3) is 0 Å². The zero-order valence-electron chi connectivity index (χ0n) is 13.8. The fourth-order valence-electron chi connectivity index (χ4n) is 3.19. The molecule has 2 aromatic rings. The van der Waals surface area contributed by atoms with Gasteiger partial charge in [-0.1, -0.05) is 6.07 Å². The minimum atomic E-state index is 0.357. The number of hydrogen-bond donors (Lipinski definition) is 1. The molecular weight excluding hydrogens is 302 g/mol. The summed E-state index contributed by atoms with van der Waals surface area (Å²) >= 11 is 0. The molecule has 0 unspecified atom stereocenters. The number of nitrogens with zero attached hydrogens (tertiary/aromatic N) is 4. The first-order chi connectivity index (χ1) is 11.8. The van der Waals surface area contributed by atoms with Crippen LogP contribution in [0.5, 0.6) is 0 Å². The summed E-state index contributed by atoms with van der Waals surface area (Å²) in [5, 5.41) is 3.37. The van der Waals surface area contributed by atoms with Gasteiger partial charge in [0.1, 0.15) is 5.82 Å². The Labute approximate surface area is 141 Å². The Kier molecular flexibility index (Phi) is 4.13. The van der Waals surface area contributed by atoms with Crippen LogP contribution in [0.3, 0.4) is 0 Å². The lowest BCUT2D eigenvalue weighted by Gasteiger charge is -2.31. The molecule has 1 aromatic carbocycles. The van der Waals surface area contributed by atoms with Gasteiger partial charge < -0.3 is 15.0 Å². The summed E-state index contributed by atoms with van der Waals surface area (Å²) in [5.74, 6) is 1.58. The first kappa shape index (κ1) is 15.1. The van der Waals surface area contributed by atoms with Crippen molar-refractivity contribution < 1.29 is 4.74 Å². The SMILES string of the molecule is COC1CCN(c2nccc(Nc3ccc4c(c3)C=NC4)n2)CC1. The van der Waals surface area contributed by atoms with E-state index in [4.69, 9.17) is 4.74 Å². The highest BCUT2D eigenvalue weighted by atomic mass is 16.5. The van der Waals surface area contributed by atoms with Crippen LogP contribution in [0.2, 0.25) is 0 Å². The highest BCUT2D eigenvalue weighted by Gasteiger charge is 2.20. The van der Waals surface area contributed by atoms with Gasteiger partial charge >= 0.3 is 0 Å². The quantitative estimate of drug-likeness (QED) is 0.937. The molecule has 1 saturated heterocycles. The van der Waals surface area contributed by atoms with Gasteiger partial charge in [0.05, 0.1) is 12.6 Å². The van der Waals surface area contributed by atoms with E-state index in [1.54, 1.807) is 7.11 Å². The van der Waals surface area contributed by atoms with Crippen molar-refractivity contribution in [2.24, 2.45) is 4.99 Å². The Bertz CT molecular complexity index is 753. The first-order valence-corrected chi connectivity index (χ1v) is 8.32. The second-order valence-corrected chi connectivity index (χ2v) is 6.17. The van der Waals surface area contributed by atoms with E-state index >= 15 is 0 Å². The van der Waals surface area contributed by atoms with E-state index in [0.717, 1.165) is 49.9 Å². The molecule has 0 saturated carbocycles. The third-order valence-corrected chi connectivity index (χ3v) is 4.61. The number of aromatic nitrogens is 2. The van der Waals surface area contributed by atoms with Crippen LogP contribution in [-0.2, 0) is 11.3 Å². The topological polar surface area (TPSA) is 62.6 Å². The first-order valence-electron chi connectivity index (χ1n) is 8.32. The van der Waals surface area contributed by atoms with Crippen LogP contribution in [-0.4, -0.2) is 42.5 Å². The van der Waals surface area contributed by atoms with Crippen LogP contribution < -0.4 is 10.2 Å². The fraction of sp³-hybridized carbons (Fsp3) is 0.389. The lowest BCUT2D eigenvalue weighted by atomic mass is 10.1. The number of hydrogen-bond acceptors (Lipinski definition) is 6. The van der Waals surface area contributed by atoms with Crippen LogP contribution in [0.15, 0.2) is 35.5 Å². The standard InChI is InChI=1S/C18H21N5O/c1-24-16-5-8-23(9-6-16)18-20-7-4-17(22-18)21-15-3-2-13-11-19-12-14(13)10-15/h2-4,7,10,12,16H,5-6,8-9,11H2,1H3,(H,20,21,22). The van der Waals surface area contributed by atoms with Crippen molar-refractivity contribution in [3.05, 3.63) is 41.6 Å². The molecule has 1 aromatic heterocycles. The van der Waals surface area contributed by atoms with Crippen molar-refractivity contribution in [2.75, 3.05) is 30.4 Å². The summed E-state index contributed by atoms with van der Waals surface area (Å²) in [6.45, 7) is 2.64. The minimum Gasteiger partial charge on any atom is -0.381 e. The monoisotopic (exact) mass is 323 g/mol. The zero-order valence-corrected chi connectivity index (χ0v) is 13.8. The second kappa shape index (κ2) is 6.57. The number of nitrogens with one attached hydrogen (secondary N) is 1. The van der Waals surface area contributed by atoms with Crippen LogP contribution in [0, 0.1) is 0 Å². The molecule has 1 N–H and O–H groups in total. The number of benzene rings is 1. The molecule has 0 spiro atoms.